The molecular formula is C12H16O5. The normalized spacial score (nSPS) is 38.0. The Labute approximate surface area is 98.9 Å². The van der Waals surface area contributed by atoms with Gasteiger partial charge < -0.3 is 25.2 Å². The molecule has 2 rings (SSSR count). The summed E-state index contributed by atoms with van der Waals surface area (Å²) in [6, 6.07) is 9.01. The van der Waals surface area contributed by atoms with Crippen molar-refractivity contribution in [2.75, 3.05) is 6.61 Å². The van der Waals surface area contributed by atoms with Gasteiger partial charge in [-0.05, 0) is 5.56 Å². The monoisotopic (exact) mass is 240 g/mol. The average molecular weight is 240 g/mol. The van der Waals surface area contributed by atoms with Gasteiger partial charge in [0.2, 0.25) is 0 Å². The Bertz CT molecular complexity index is 368. The van der Waals surface area contributed by atoms with Crippen LogP contribution in [0.5, 0.6) is 0 Å². The molecule has 1 aromatic carbocycles. The molecule has 4 atom stereocenters. The Kier molecular flexibility index (Phi) is 3.46. The van der Waals surface area contributed by atoms with E-state index in [1.165, 1.54) is 0 Å². The Hall–Kier alpha value is -0.980. The molecule has 0 saturated carbocycles. The number of rotatable bonds is 2. The fraction of sp³-hybridized carbons (Fsp3) is 0.500. The first-order valence-corrected chi connectivity index (χ1v) is 5.47. The van der Waals surface area contributed by atoms with Gasteiger partial charge >= 0.3 is 0 Å². The Morgan fingerprint density at radius 3 is 2.47 bits per heavy atom. The van der Waals surface area contributed by atoms with Crippen LogP contribution in [0.2, 0.25) is 0 Å². The van der Waals surface area contributed by atoms with Crippen molar-refractivity contribution in [2.24, 2.45) is 0 Å². The van der Waals surface area contributed by atoms with Gasteiger partial charge in [0.15, 0.2) is 5.79 Å². The third-order valence-electron chi connectivity index (χ3n) is 2.98. The van der Waals surface area contributed by atoms with E-state index in [4.69, 9.17) is 4.74 Å². The van der Waals surface area contributed by atoms with E-state index in [0.29, 0.717) is 0 Å². The number of benzene rings is 1. The van der Waals surface area contributed by atoms with Gasteiger partial charge in [0, 0.05) is 6.42 Å². The second-order valence-electron chi connectivity index (χ2n) is 4.32. The highest BCUT2D eigenvalue weighted by molar-refractivity contribution is 5.17. The molecule has 4 N–H and O–H groups in total. The van der Waals surface area contributed by atoms with Crippen LogP contribution in [-0.2, 0) is 11.2 Å². The summed E-state index contributed by atoms with van der Waals surface area (Å²) in [6.07, 6.45) is -4.07. The lowest BCUT2D eigenvalue weighted by molar-refractivity contribution is -0.320. The second kappa shape index (κ2) is 4.72. The van der Waals surface area contributed by atoms with Crippen LogP contribution >= 0.6 is 0 Å². The van der Waals surface area contributed by atoms with Crippen LogP contribution in [0.4, 0.5) is 0 Å². The topological polar surface area (TPSA) is 90.2 Å². The molecule has 1 heterocycles. The van der Waals surface area contributed by atoms with E-state index in [1.54, 1.807) is 24.3 Å². The molecule has 5 heteroatoms. The zero-order valence-corrected chi connectivity index (χ0v) is 9.23. The van der Waals surface area contributed by atoms with E-state index in [9.17, 15) is 20.4 Å². The molecular weight excluding hydrogens is 224 g/mol. The van der Waals surface area contributed by atoms with Crippen LogP contribution in [0.1, 0.15) is 5.56 Å². The summed E-state index contributed by atoms with van der Waals surface area (Å²) in [5.41, 5.74) is 0.776. The summed E-state index contributed by atoms with van der Waals surface area (Å²) in [4.78, 5) is 0. The molecule has 0 bridgehead atoms. The van der Waals surface area contributed by atoms with Crippen molar-refractivity contribution in [1.29, 1.82) is 0 Å². The predicted molar refractivity (Wildman–Crippen MR) is 59.1 cm³/mol. The Morgan fingerprint density at radius 1 is 1.18 bits per heavy atom. The maximum absolute atomic E-state index is 10.1. The molecule has 0 radical (unpaired) electrons. The molecule has 94 valence electrons. The summed E-state index contributed by atoms with van der Waals surface area (Å²) in [6.45, 7) is -0.207. The van der Waals surface area contributed by atoms with Crippen LogP contribution in [0, 0.1) is 0 Å². The molecule has 1 aliphatic heterocycles. The second-order valence-corrected chi connectivity index (χ2v) is 4.32. The van der Waals surface area contributed by atoms with E-state index >= 15 is 0 Å². The number of aliphatic hydroxyl groups excluding tert-OH is 3. The Morgan fingerprint density at radius 2 is 1.82 bits per heavy atom. The largest absolute Gasteiger partial charge is 0.388 e. The summed E-state index contributed by atoms with van der Waals surface area (Å²) in [7, 11) is 0. The SMILES string of the molecule is O[C@@H]1[C@H](O)COC(O)(Cc2ccccc2)[C@H]1O. The minimum atomic E-state index is -1.86. The lowest BCUT2D eigenvalue weighted by Crippen LogP contribution is -2.61. The lowest BCUT2D eigenvalue weighted by Gasteiger charge is -2.41. The first-order chi connectivity index (χ1) is 8.03. The molecule has 1 unspecified atom stereocenters. The number of ether oxygens (including phenoxy) is 1. The highest BCUT2D eigenvalue weighted by Gasteiger charge is 2.48. The van der Waals surface area contributed by atoms with Crippen molar-refractivity contribution >= 4 is 0 Å². The number of hydrogen-bond acceptors (Lipinski definition) is 5. The lowest BCUT2D eigenvalue weighted by atomic mass is 9.92. The quantitative estimate of drug-likeness (QED) is 0.534. The zero-order chi connectivity index (χ0) is 12.5. The molecule has 17 heavy (non-hydrogen) atoms. The third kappa shape index (κ3) is 2.48. The van der Waals surface area contributed by atoms with Crippen molar-refractivity contribution in [3.8, 4) is 0 Å². The molecule has 5 nitrogen and oxygen atoms in total. The van der Waals surface area contributed by atoms with Crippen LogP contribution < -0.4 is 0 Å². The first-order valence-electron chi connectivity index (χ1n) is 5.47. The average Bonchev–Trinajstić information content (AvgIpc) is 2.34. The van der Waals surface area contributed by atoms with Gasteiger partial charge in [0.25, 0.3) is 0 Å². The molecule has 1 aliphatic rings. The minimum Gasteiger partial charge on any atom is -0.388 e. The van der Waals surface area contributed by atoms with Crippen molar-refractivity contribution in [3.63, 3.8) is 0 Å². The first kappa shape index (κ1) is 12.5. The van der Waals surface area contributed by atoms with Gasteiger partial charge in [0.1, 0.15) is 18.3 Å². The van der Waals surface area contributed by atoms with E-state index in [0.717, 1.165) is 5.56 Å². The minimum absolute atomic E-state index is 0.0544. The molecule has 0 aromatic heterocycles. The summed E-state index contributed by atoms with van der Waals surface area (Å²) in [5, 5.41) is 38.7. The van der Waals surface area contributed by atoms with E-state index in [1.807, 2.05) is 6.07 Å². The molecule has 0 aliphatic carbocycles. The standard InChI is InChI=1S/C12H16O5/c13-9-7-17-12(16,11(15)10(9)14)6-8-4-2-1-3-5-8/h1-5,9-11,13-16H,6-7H2/t9-,10-,11+,12?/m1/s1. The summed E-state index contributed by atoms with van der Waals surface area (Å²) in [5.74, 6) is -1.86. The smallest absolute Gasteiger partial charge is 0.198 e. The maximum Gasteiger partial charge on any atom is 0.198 e. The van der Waals surface area contributed by atoms with Gasteiger partial charge in [-0.15, -0.1) is 0 Å². The van der Waals surface area contributed by atoms with E-state index < -0.39 is 24.1 Å². The summed E-state index contributed by atoms with van der Waals surface area (Å²) >= 11 is 0. The molecule has 0 amide bonds. The number of hydrogen-bond donors (Lipinski definition) is 4. The highest BCUT2D eigenvalue weighted by atomic mass is 16.6. The van der Waals surface area contributed by atoms with Crippen LogP contribution in [0.15, 0.2) is 30.3 Å². The molecule has 1 aromatic rings. The van der Waals surface area contributed by atoms with E-state index in [-0.39, 0.29) is 13.0 Å². The number of aliphatic hydroxyl groups is 4. The van der Waals surface area contributed by atoms with Crippen LogP contribution in [-0.4, -0.2) is 51.1 Å². The van der Waals surface area contributed by atoms with Crippen molar-refractivity contribution < 1.29 is 25.2 Å². The van der Waals surface area contributed by atoms with Gasteiger partial charge in [-0.1, -0.05) is 30.3 Å². The van der Waals surface area contributed by atoms with Crippen molar-refractivity contribution in [2.45, 2.75) is 30.5 Å². The Balaban J connectivity index is 2.14. The fourth-order valence-electron chi connectivity index (χ4n) is 1.93. The highest BCUT2D eigenvalue weighted by Crippen LogP contribution is 2.27. The third-order valence-corrected chi connectivity index (χ3v) is 2.98. The van der Waals surface area contributed by atoms with Crippen molar-refractivity contribution in [1.82, 2.24) is 0 Å². The van der Waals surface area contributed by atoms with Gasteiger partial charge in [-0.3, -0.25) is 0 Å². The van der Waals surface area contributed by atoms with Gasteiger partial charge in [-0.25, -0.2) is 0 Å². The van der Waals surface area contributed by atoms with E-state index in [2.05, 4.69) is 0 Å². The van der Waals surface area contributed by atoms with Crippen molar-refractivity contribution in [3.05, 3.63) is 35.9 Å². The molecule has 1 fully saturated rings. The fourth-order valence-corrected chi connectivity index (χ4v) is 1.93. The van der Waals surface area contributed by atoms with Gasteiger partial charge in [0.05, 0.1) is 6.61 Å². The molecule has 0 spiro atoms. The van der Waals surface area contributed by atoms with Gasteiger partial charge in [-0.2, -0.15) is 0 Å². The van der Waals surface area contributed by atoms with Crippen LogP contribution in [0.25, 0.3) is 0 Å². The van der Waals surface area contributed by atoms with Crippen LogP contribution in [0.3, 0.4) is 0 Å². The maximum atomic E-state index is 10.1. The predicted octanol–water partition coefficient (Wildman–Crippen LogP) is -0.969. The molecule has 1 saturated heterocycles. The zero-order valence-electron chi connectivity index (χ0n) is 9.23. The summed E-state index contributed by atoms with van der Waals surface area (Å²) < 4.78 is 5.06.